The van der Waals surface area contributed by atoms with Crippen LogP contribution in [0.15, 0.2) is 48.5 Å². The second kappa shape index (κ2) is 18.5. The average Bonchev–Trinajstić information content (AvgIpc) is 3.91. The Morgan fingerprint density at radius 2 is 1.35 bits per heavy atom. The van der Waals surface area contributed by atoms with Crippen molar-refractivity contribution in [3.8, 4) is 11.1 Å². The zero-order valence-electron chi connectivity index (χ0n) is 39.5. The van der Waals surface area contributed by atoms with E-state index in [1.54, 1.807) is 20.8 Å². The van der Waals surface area contributed by atoms with Crippen LogP contribution < -0.4 is 21.7 Å². The molecule has 2 aliphatic heterocycles. The molecule has 1 aliphatic carbocycles. The van der Waals surface area contributed by atoms with Gasteiger partial charge in [0.15, 0.2) is 0 Å². The molecule has 5 rings (SSSR count). The van der Waals surface area contributed by atoms with Gasteiger partial charge < -0.3 is 45.7 Å². The number of hydrogen-bond acceptors (Lipinski definition) is 10. The number of ether oxygens (including phenoxy) is 3. The summed E-state index contributed by atoms with van der Waals surface area (Å²) in [5.41, 5.74) is 4.43. The van der Waals surface area contributed by atoms with E-state index in [1.165, 1.54) is 37.5 Å². The van der Waals surface area contributed by atoms with E-state index < -0.39 is 101 Å². The molecule has 4 atom stereocenters. The number of primary amides is 1. The van der Waals surface area contributed by atoms with Crippen LogP contribution >= 0.6 is 0 Å². The van der Waals surface area contributed by atoms with Gasteiger partial charge in [0.25, 0.3) is 0 Å². The summed E-state index contributed by atoms with van der Waals surface area (Å²) in [6.07, 6.45) is -4.37. The minimum absolute atomic E-state index is 0.0399. The van der Waals surface area contributed by atoms with Gasteiger partial charge in [-0.1, -0.05) is 48.5 Å². The third kappa shape index (κ3) is 11.5. The molecule has 2 aromatic rings. The van der Waals surface area contributed by atoms with Gasteiger partial charge in [-0.2, -0.15) is 0 Å². The first-order valence-electron chi connectivity index (χ1n) is 22.1. The number of amides is 6. The standard InChI is InChI=1S/C46H64N6O10/c1-43(2,3)61-27-24-35(38(55)50-45(7,8)40(57)51-23-15-20-34(51)39(56)62-44(4,5)6)52(25-27)41(58)46(9,10)49-37(54)33(21-22-36(47)53)48-42(59)60-26-32-30-18-13-11-16-28(30)29-17-12-14-19-31(29)32/h11-14,16-19,27,32-35H,15,20-26H2,1-10H3,(H2,47,53)(H,48,59)(H,49,54)(H,50,55)/t27-,33+,34+,35+/m1/s1/i22D2. The summed E-state index contributed by atoms with van der Waals surface area (Å²) >= 11 is 0. The second-order valence-electron chi connectivity index (χ2n) is 19.2. The van der Waals surface area contributed by atoms with Gasteiger partial charge in [-0.3, -0.25) is 24.0 Å². The van der Waals surface area contributed by atoms with Gasteiger partial charge in [0, 0.05) is 34.5 Å². The van der Waals surface area contributed by atoms with Crippen molar-refractivity contribution in [2.75, 3.05) is 19.7 Å². The molecule has 0 saturated carbocycles. The molecule has 2 fully saturated rings. The fourth-order valence-corrected chi connectivity index (χ4v) is 8.29. The Kier molecular flexibility index (Phi) is 13.3. The van der Waals surface area contributed by atoms with Crippen LogP contribution in [0.4, 0.5) is 4.79 Å². The van der Waals surface area contributed by atoms with Crippen LogP contribution in [0.1, 0.15) is 121 Å². The van der Waals surface area contributed by atoms with Crippen molar-refractivity contribution in [2.24, 2.45) is 5.73 Å². The van der Waals surface area contributed by atoms with Crippen LogP contribution in [0.25, 0.3) is 11.1 Å². The maximum Gasteiger partial charge on any atom is 0.407 e. The van der Waals surface area contributed by atoms with Crippen molar-refractivity contribution in [3.05, 3.63) is 59.7 Å². The molecule has 0 aromatic heterocycles. The molecule has 6 amide bonds. The molecule has 5 N–H and O–H groups in total. The molecule has 16 heteroatoms. The average molecular weight is 863 g/mol. The molecule has 338 valence electrons. The van der Waals surface area contributed by atoms with Crippen molar-refractivity contribution in [1.29, 1.82) is 0 Å². The smallest absolute Gasteiger partial charge is 0.407 e. The summed E-state index contributed by atoms with van der Waals surface area (Å²) in [6.45, 7) is 16.6. The van der Waals surface area contributed by atoms with E-state index in [4.69, 9.17) is 22.7 Å². The molecule has 0 spiro atoms. The predicted molar refractivity (Wildman–Crippen MR) is 230 cm³/mol. The summed E-state index contributed by atoms with van der Waals surface area (Å²) in [7, 11) is 0. The number of nitrogens with one attached hydrogen (secondary N) is 3. The van der Waals surface area contributed by atoms with Crippen LogP contribution in [-0.4, -0.2) is 118 Å². The highest BCUT2D eigenvalue weighted by molar-refractivity contribution is 5.99. The van der Waals surface area contributed by atoms with Gasteiger partial charge in [0.2, 0.25) is 29.5 Å². The van der Waals surface area contributed by atoms with Gasteiger partial charge in [-0.05, 0) is 111 Å². The third-order valence-corrected chi connectivity index (χ3v) is 10.9. The summed E-state index contributed by atoms with van der Waals surface area (Å²) in [5, 5.41) is 7.76. The first-order valence-corrected chi connectivity index (χ1v) is 21.1. The number of rotatable bonds is 14. The van der Waals surface area contributed by atoms with E-state index >= 15 is 0 Å². The van der Waals surface area contributed by atoms with E-state index in [-0.39, 0.29) is 32.0 Å². The molecule has 3 aliphatic rings. The van der Waals surface area contributed by atoms with Crippen molar-refractivity contribution in [1.82, 2.24) is 25.8 Å². The Balaban J connectivity index is 1.32. The maximum atomic E-state index is 14.5. The molecule has 0 bridgehead atoms. The topological polar surface area (TPSA) is 216 Å². The lowest BCUT2D eigenvalue weighted by atomic mass is 9.98. The fourth-order valence-electron chi connectivity index (χ4n) is 8.29. The molecular formula is C46H64N6O10. The van der Waals surface area contributed by atoms with Crippen molar-refractivity contribution in [3.63, 3.8) is 0 Å². The predicted octanol–water partition coefficient (Wildman–Crippen LogP) is 4.07. The minimum Gasteiger partial charge on any atom is -0.458 e. The van der Waals surface area contributed by atoms with Crippen LogP contribution in [0, 0.1) is 0 Å². The fraction of sp³-hybridized carbons (Fsp3) is 0.587. The molecule has 2 heterocycles. The highest BCUT2D eigenvalue weighted by Crippen LogP contribution is 2.44. The SMILES string of the molecule is [2H]C([2H])(C[C@H](NC(=O)OCC1c2ccccc2-c2ccccc21)C(=O)NC(C)(C)C(=O)N1C[C@H](OC(C)(C)C)C[C@H]1C(=O)NC(C)(C)C(=O)N1CCC[C@H]1C(=O)OC(C)(C)C)C(N)=O. The lowest BCUT2D eigenvalue weighted by Gasteiger charge is -2.37. The molecule has 2 saturated heterocycles. The lowest BCUT2D eigenvalue weighted by molar-refractivity contribution is -0.164. The van der Waals surface area contributed by atoms with E-state index in [0.717, 1.165) is 22.3 Å². The highest BCUT2D eigenvalue weighted by Gasteiger charge is 2.49. The monoisotopic (exact) mass is 862 g/mol. The summed E-state index contributed by atoms with van der Waals surface area (Å²) in [5.74, 6) is -5.19. The Morgan fingerprint density at radius 1 is 0.790 bits per heavy atom. The van der Waals surface area contributed by atoms with Gasteiger partial charge in [-0.25, -0.2) is 9.59 Å². The van der Waals surface area contributed by atoms with Gasteiger partial charge in [0.1, 0.15) is 41.4 Å². The van der Waals surface area contributed by atoms with Crippen molar-refractivity contribution >= 4 is 41.6 Å². The number of fused-ring (bicyclic) bond motifs is 3. The number of carbonyl (C=O) groups excluding carboxylic acids is 7. The lowest BCUT2D eigenvalue weighted by Crippen LogP contribution is -2.64. The number of likely N-dealkylation sites (tertiary alicyclic amines) is 2. The van der Waals surface area contributed by atoms with Crippen molar-refractivity contribution in [2.45, 2.75) is 154 Å². The van der Waals surface area contributed by atoms with Crippen molar-refractivity contribution < 1.29 is 50.5 Å². The molecule has 2 aromatic carbocycles. The first-order chi connectivity index (χ1) is 29.5. The number of benzene rings is 2. The minimum atomic E-state index is -2.77. The second-order valence-corrected chi connectivity index (χ2v) is 19.2. The molecule has 16 nitrogen and oxygen atoms in total. The summed E-state index contributed by atoms with van der Waals surface area (Å²) < 4.78 is 33.9. The van der Waals surface area contributed by atoms with Gasteiger partial charge in [0.05, 0.1) is 11.7 Å². The Morgan fingerprint density at radius 3 is 1.92 bits per heavy atom. The third-order valence-electron chi connectivity index (χ3n) is 10.9. The van der Waals surface area contributed by atoms with Gasteiger partial charge >= 0.3 is 12.1 Å². The number of carbonyl (C=O) groups is 7. The highest BCUT2D eigenvalue weighted by atomic mass is 16.6. The zero-order valence-corrected chi connectivity index (χ0v) is 37.5. The normalized spacial score (nSPS) is 20.3. The quantitative estimate of drug-likeness (QED) is 0.200. The first kappa shape index (κ1) is 44.5. The number of alkyl carbamates (subject to hydrolysis) is 1. The van der Waals surface area contributed by atoms with Crippen LogP contribution in [0.2, 0.25) is 0 Å². The Hall–Kier alpha value is -5.51. The Bertz CT molecular complexity index is 2100. The number of nitrogens with two attached hydrogens (primary N) is 1. The van der Waals surface area contributed by atoms with E-state index in [0.29, 0.717) is 12.8 Å². The molecule has 0 unspecified atom stereocenters. The summed E-state index contributed by atoms with van der Waals surface area (Å²) in [4.78, 5) is 98.1. The van der Waals surface area contributed by atoms with Gasteiger partial charge in [-0.15, -0.1) is 0 Å². The number of hydrogen-bond donors (Lipinski definition) is 4. The summed E-state index contributed by atoms with van der Waals surface area (Å²) in [6, 6.07) is 11.6. The number of esters is 1. The largest absolute Gasteiger partial charge is 0.458 e. The molecular weight excluding hydrogens is 797 g/mol. The van der Waals surface area contributed by atoms with E-state index in [9.17, 15) is 33.6 Å². The van der Waals surface area contributed by atoms with Crippen LogP contribution in [-0.2, 0) is 43.0 Å². The number of nitrogens with zero attached hydrogens (tertiary/aromatic N) is 2. The van der Waals surface area contributed by atoms with E-state index in [1.807, 2.05) is 69.3 Å². The van der Waals surface area contributed by atoms with Crippen LogP contribution in [0.3, 0.4) is 0 Å². The van der Waals surface area contributed by atoms with Crippen LogP contribution in [0.5, 0.6) is 0 Å². The zero-order chi connectivity index (χ0) is 47.7. The van der Waals surface area contributed by atoms with E-state index in [2.05, 4.69) is 16.0 Å². The molecule has 0 radical (unpaired) electrons. The Labute approximate surface area is 367 Å². The maximum absolute atomic E-state index is 14.5. The molecule has 62 heavy (non-hydrogen) atoms.